The Kier molecular flexibility index (Phi) is 11.3. The number of hydrogen-bond donors (Lipinski definition) is 1. The summed E-state index contributed by atoms with van der Waals surface area (Å²) in [5, 5.41) is 2.15. The summed E-state index contributed by atoms with van der Waals surface area (Å²) in [5.41, 5.74) is 6.65. The SMILES string of the molecule is [B]NC(=O)c1c(C)c(C)c(C(=O)N([B])CCN([B])C(=O)c2c(C)c(C)c(C(=O)N([B])CC(C)C)c(C)c2C)c(C)c1C. The molecule has 0 saturated carbocycles. The van der Waals surface area contributed by atoms with Crippen molar-refractivity contribution in [3.63, 3.8) is 0 Å². The zero-order valence-corrected chi connectivity index (χ0v) is 26.5. The Balaban J connectivity index is 2.32. The number of rotatable bonds is 9. The van der Waals surface area contributed by atoms with Gasteiger partial charge in [0.1, 0.15) is 0 Å². The first-order chi connectivity index (χ1) is 19.4. The second-order valence-corrected chi connectivity index (χ2v) is 11.3. The van der Waals surface area contributed by atoms with Gasteiger partial charge in [-0.15, -0.1) is 0 Å². The molecule has 42 heavy (non-hydrogen) atoms. The lowest BCUT2D eigenvalue weighted by molar-refractivity contribution is 0.0809. The normalized spacial score (nSPS) is 10.9. The van der Waals surface area contributed by atoms with E-state index in [0.717, 1.165) is 9.62 Å². The molecule has 0 unspecified atom stereocenters. The van der Waals surface area contributed by atoms with Crippen LogP contribution in [0, 0.1) is 61.3 Å². The Morgan fingerprint density at radius 1 is 0.548 bits per heavy atom. The van der Waals surface area contributed by atoms with E-state index in [4.69, 9.17) is 31.9 Å². The van der Waals surface area contributed by atoms with Gasteiger partial charge in [0.15, 0.2) is 0 Å². The maximum atomic E-state index is 13.5. The van der Waals surface area contributed by atoms with Gasteiger partial charge < -0.3 is 19.7 Å². The predicted octanol–water partition coefficient (Wildman–Crippen LogP) is 2.90. The van der Waals surface area contributed by atoms with Crippen LogP contribution in [0.25, 0.3) is 0 Å². The molecule has 4 amide bonds. The standard InChI is InChI=1S/C30H38B4N4O4/c1-14(2)13-38(34)30(42)26-21(9)19(7)25(20(8)22(26)10)29(41)37(33)12-11-36(32)28(40)24-17(5)15(3)23(27(39)35-31)16(4)18(24)6/h14H,11-13H2,1-10H3,(H,35,39). The summed E-state index contributed by atoms with van der Waals surface area (Å²) in [6, 6.07) is 0. The van der Waals surface area contributed by atoms with Crippen LogP contribution in [-0.2, 0) is 0 Å². The van der Waals surface area contributed by atoms with Crippen LogP contribution in [0.2, 0.25) is 0 Å². The summed E-state index contributed by atoms with van der Waals surface area (Å²) in [6.07, 6.45) is 0. The van der Waals surface area contributed by atoms with Gasteiger partial charge in [-0.3, -0.25) is 19.2 Å². The molecular formula is C30H38B4N4O4. The van der Waals surface area contributed by atoms with Crippen LogP contribution in [0.4, 0.5) is 0 Å². The van der Waals surface area contributed by atoms with E-state index in [0.29, 0.717) is 73.3 Å². The van der Waals surface area contributed by atoms with E-state index in [1.165, 1.54) is 4.81 Å². The van der Waals surface area contributed by atoms with E-state index < -0.39 is 17.7 Å². The number of nitrogens with one attached hydrogen (secondary N) is 1. The summed E-state index contributed by atoms with van der Waals surface area (Å²) < 4.78 is 0. The molecule has 0 atom stereocenters. The third kappa shape index (κ3) is 6.63. The smallest absolute Gasteiger partial charge is 0.241 e. The zero-order valence-electron chi connectivity index (χ0n) is 26.5. The number of carbonyl (C=O) groups excluding carboxylic acids is 4. The van der Waals surface area contributed by atoms with Crippen molar-refractivity contribution in [2.75, 3.05) is 19.6 Å². The number of hydrogen-bond acceptors (Lipinski definition) is 4. The van der Waals surface area contributed by atoms with Crippen molar-refractivity contribution in [2.45, 2.75) is 69.2 Å². The lowest BCUT2D eigenvalue weighted by atomic mass is 9.86. The Labute approximate surface area is 255 Å². The molecular weight excluding hydrogens is 524 g/mol. The minimum Gasteiger partial charge on any atom is -0.405 e. The largest absolute Gasteiger partial charge is 0.405 e. The Morgan fingerprint density at radius 2 is 0.810 bits per heavy atom. The molecule has 2 aromatic carbocycles. The highest BCUT2D eigenvalue weighted by Gasteiger charge is 2.27. The number of benzene rings is 2. The van der Waals surface area contributed by atoms with Crippen LogP contribution < -0.4 is 5.23 Å². The number of carbonyl (C=O) groups is 4. The fourth-order valence-electron chi connectivity index (χ4n) is 5.33. The van der Waals surface area contributed by atoms with E-state index in [1.54, 1.807) is 55.4 Å². The fraction of sp³-hybridized carbons (Fsp3) is 0.467. The first-order valence-corrected chi connectivity index (χ1v) is 13.8. The summed E-state index contributed by atoms with van der Waals surface area (Å²) in [6.45, 7) is 18.3. The molecule has 0 aliphatic carbocycles. The molecule has 12 heteroatoms. The van der Waals surface area contributed by atoms with Gasteiger partial charge in [0, 0.05) is 41.9 Å². The first kappa shape index (κ1) is 34.8. The van der Waals surface area contributed by atoms with Crippen molar-refractivity contribution >= 4 is 55.6 Å². The number of nitrogens with zero attached hydrogens (tertiary/aromatic N) is 3. The highest BCUT2D eigenvalue weighted by atomic mass is 16.2. The molecule has 2 aromatic rings. The summed E-state index contributed by atoms with van der Waals surface area (Å²) >= 11 is 0. The van der Waals surface area contributed by atoms with Gasteiger partial charge in [-0.1, -0.05) is 13.8 Å². The molecule has 0 aliphatic heterocycles. The van der Waals surface area contributed by atoms with Crippen molar-refractivity contribution in [3.05, 3.63) is 66.8 Å². The van der Waals surface area contributed by atoms with Crippen molar-refractivity contribution in [1.82, 2.24) is 19.7 Å². The van der Waals surface area contributed by atoms with Crippen LogP contribution in [0.5, 0.6) is 0 Å². The molecule has 1 N–H and O–H groups in total. The Bertz CT molecular complexity index is 1380. The first-order valence-electron chi connectivity index (χ1n) is 13.8. The molecule has 214 valence electrons. The number of amides is 4. The minimum absolute atomic E-state index is 0.0482. The molecule has 0 spiro atoms. The molecule has 0 aromatic heterocycles. The second-order valence-electron chi connectivity index (χ2n) is 11.3. The Hall–Kier alpha value is -3.42. The van der Waals surface area contributed by atoms with Gasteiger partial charge in [-0.05, 0) is 106 Å². The highest BCUT2D eigenvalue weighted by Crippen LogP contribution is 2.30. The van der Waals surface area contributed by atoms with E-state index in [9.17, 15) is 19.2 Å². The van der Waals surface area contributed by atoms with Crippen molar-refractivity contribution in [3.8, 4) is 0 Å². The second kappa shape index (κ2) is 13.7. The van der Waals surface area contributed by atoms with Crippen molar-refractivity contribution in [1.29, 1.82) is 0 Å². The maximum absolute atomic E-state index is 13.5. The molecule has 8 nitrogen and oxygen atoms in total. The van der Waals surface area contributed by atoms with Crippen LogP contribution in [-0.4, -0.2) is 89.6 Å². The quantitative estimate of drug-likeness (QED) is 0.477. The molecule has 0 bridgehead atoms. The lowest BCUT2D eigenvalue weighted by Gasteiger charge is -2.28. The summed E-state index contributed by atoms with van der Waals surface area (Å²) in [4.78, 5) is 55.6. The molecule has 0 saturated heterocycles. The van der Waals surface area contributed by atoms with Crippen molar-refractivity contribution < 1.29 is 19.2 Å². The molecule has 0 fully saturated rings. The fourth-order valence-corrected chi connectivity index (χ4v) is 5.33. The van der Waals surface area contributed by atoms with Gasteiger partial charge in [0.05, 0.1) is 0 Å². The molecule has 0 aliphatic rings. The van der Waals surface area contributed by atoms with E-state index in [-0.39, 0.29) is 24.9 Å². The van der Waals surface area contributed by atoms with Gasteiger partial charge in [-0.2, -0.15) is 0 Å². The monoisotopic (exact) mass is 562 g/mol. The highest BCUT2D eigenvalue weighted by molar-refractivity contribution is 6.22. The average Bonchev–Trinajstić information content (AvgIpc) is 2.93. The van der Waals surface area contributed by atoms with Crippen LogP contribution in [0.1, 0.15) is 99.8 Å². The van der Waals surface area contributed by atoms with E-state index >= 15 is 0 Å². The molecule has 8 radical (unpaired) electrons. The van der Waals surface area contributed by atoms with Gasteiger partial charge in [-0.25, -0.2) is 0 Å². The minimum atomic E-state index is -0.466. The summed E-state index contributed by atoms with van der Waals surface area (Å²) in [5.74, 6) is -1.48. The van der Waals surface area contributed by atoms with Crippen LogP contribution in [0.3, 0.4) is 0 Å². The van der Waals surface area contributed by atoms with E-state index in [2.05, 4.69) is 5.23 Å². The van der Waals surface area contributed by atoms with Gasteiger partial charge in [0.2, 0.25) is 55.6 Å². The molecule has 2 rings (SSSR count). The van der Waals surface area contributed by atoms with Crippen LogP contribution in [0.15, 0.2) is 0 Å². The maximum Gasteiger partial charge on any atom is 0.241 e. The third-order valence-corrected chi connectivity index (χ3v) is 8.18. The summed E-state index contributed by atoms with van der Waals surface area (Å²) in [7, 11) is 23.7. The third-order valence-electron chi connectivity index (χ3n) is 8.18. The Morgan fingerprint density at radius 3 is 1.07 bits per heavy atom. The van der Waals surface area contributed by atoms with Gasteiger partial charge in [0.25, 0.3) is 0 Å². The topological polar surface area (TPSA) is 90.0 Å². The van der Waals surface area contributed by atoms with Crippen LogP contribution >= 0.6 is 0 Å². The van der Waals surface area contributed by atoms with E-state index in [1.807, 2.05) is 13.8 Å². The zero-order chi connectivity index (χ0) is 32.4. The van der Waals surface area contributed by atoms with Gasteiger partial charge >= 0.3 is 0 Å². The lowest BCUT2D eigenvalue weighted by Crippen LogP contribution is -2.40. The van der Waals surface area contributed by atoms with Crippen molar-refractivity contribution in [2.24, 2.45) is 5.92 Å². The predicted molar refractivity (Wildman–Crippen MR) is 169 cm³/mol. The molecule has 0 heterocycles. The average molecular weight is 562 g/mol.